The number of ether oxygens (including phenoxy) is 1. The number of amides is 1. The number of rotatable bonds is 9. The van der Waals surface area contributed by atoms with Gasteiger partial charge in [-0.25, -0.2) is 4.39 Å². The molecule has 4 aliphatic rings. The van der Waals surface area contributed by atoms with Crippen LogP contribution in [0.3, 0.4) is 0 Å². The van der Waals surface area contributed by atoms with Crippen LogP contribution in [0.1, 0.15) is 36.9 Å². The average molecular weight is 630 g/mol. The van der Waals surface area contributed by atoms with Crippen LogP contribution in [0.2, 0.25) is 5.02 Å². The Morgan fingerprint density at radius 3 is 2.67 bits per heavy atom. The van der Waals surface area contributed by atoms with Crippen molar-refractivity contribution >= 4 is 39.8 Å². The van der Waals surface area contributed by atoms with Crippen molar-refractivity contribution in [2.45, 2.75) is 56.8 Å². The standard InChI is InChI=1S/C34H37ClFN7O2/c35-28-6-1-4-23-5-2-7-30(32(23)28)40-16-13-27-29(21-40)38-34(45-22-26-12-17-42(26)24-9-10-24)39-33(27)41-18-19-43(25(20-41)11-15-37)31(44)8-3-14-36/h1-8,24-26H,9-14,16-22H2/b8-3+/t25-,26?/m0/s1. The first-order chi connectivity index (χ1) is 22.0. The molecule has 0 spiro atoms. The molecular formula is C34H37ClFN7O2. The SMILES string of the molecule is N#CC[C@H]1CN(c2nc(OCC3CCN3C3CC3)nc3c2CCN(c2cccc4cccc(Cl)c24)C3)CCN1C(=O)/C=C/CF. The molecule has 0 radical (unpaired) electrons. The number of piperazine rings is 1. The Hall–Kier alpha value is -3.94. The van der Waals surface area contributed by atoms with E-state index in [-0.39, 0.29) is 18.4 Å². The molecule has 9 nitrogen and oxygen atoms in total. The van der Waals surface area contributed by atoms with E-state index in [1.54, 1.807) is 4.90 Å². The van der Waals surface area contributed by atoms with Gasteiger partial charge < -0.3 is 19.4 Å². The van der Waals surface area contributed by atoms with Crippen LogP contribution in [0.15, 0.2) is 48.6 Å². The summed E-state index contributed by atoms with van der Waals surface area (Å²) in [5.41, 5.74) is 3.06. The number of anilines is 2. The van der Waals surface area contributed by atoms with Gasteiger partial charge in [0.25, 0.3) is 0 Å². The highest BCUT2D eigenvalue weighted by atomic mass is 35.5. The van der Waals surface area contributed by atoms with Crippen LogP contribution in [0, 0.1) is 11.3 Å². The molecule has 7 rings (SSSR count). The van der Waals surface area contributed by atoms with Crippen LogP contribution in [0.25, 0.3) is 10.8 Å². The van der Waals surface area contributed by atoms with Gasteiger partial charge in [0, 0.05) is 67.5 Å². The molecule has 1 aliphatic carbocycles. The normalized spacial score (nSPS) is 21.9. The van der Waals surface area contributed by atoms with E-state index < -0.39 is 6.67 Å². The summed E-state index contributed by atoms with van der Waals surface area (Å²) in [5, 5.41) is 12.4. The van der Waals surface area contributed by atoms with E-state index in [1.165, 1.54) is 25.0 Å². The van der Waals surface area contributed by atoms with Crippen LogP contribution in [0.4, 0.5) is 15.9 Å². The van der Waals surface area contributed by atoms with Gasteiger partial charge in [-0.2, -0.15) is 15.2 Å². The Morgan fingerprint density at radius 1 is 1.07 bits per heavy atom. The van der Waals surface area contributed by atoms with Gasteiger partial charge in [-0.05, 0) is 49.3 Å². The Labute approximate surface area is 267 Å². The number of hydrogen-bond acceptors (Lipinski definition) is 8. The van der Waals surface area contributed by atoms with E-state index in [0.717, 1.165) is 64.5 Å². The Morgan fingerprint density at radius 2 is 1.91 bits per heavy atom. The van der Waals surface area contributed by atoms with E-state index >= 15 is 0 Å². The number of likely N-dealkylation sites (tertiary alicyclic amines) is 1. The Balaban J connectivity index is 1.19. The largest absolute Gasteiger partial charge is 0.462 e. The van der Waals surface area contributed by atoms with E-state index in [0.29, 0.717) is 50.9 Å². The average Bonchev–Trinajstić information content (AvgIpc) is 3.87. The summed E-state index contributed by atoms with van der Waals surface area (Å²) in [7, 11) is 0. The number of fused-ring (bicyclic) bond motifs is 2. The topological polar surface area (TPSA) is 88.8 Å². The predicted molar refractivity (Wildman–Crippen MR) is 172 cm³/mol. The van der Waals surface area contributed by atoms with Gasteiger partial charge in [0.05, 0.1) is 35.8 Å². The lowest BCUT2D eigenvalue weighted by atomic mass is 10.0. The molecular weight excluding hydrogens is 593 g/mol. The summed E-state index contributed by atoms with van der Waals surface area (Å²) < 4.78 is 19.1. The second-order valence-electron chi connectivity index (χ2n) is 12.3. The zero-order valence-electron chi connectivity index (χ0n) is 25.2. The number of hydrogen-bond donors (Lipinski definition) is 0. The molecule has 2 atom stereocenters. The molecule has 1 unspecified atom stereocenters. The summed E-state index contributed by atoms with van der Waals surface area (Å²) in [4.78, 5) is 31.5. The van der Waals surface area contributed by atoms with E-state index in [4.69, 9.17) is 26.3 Å². The van der Waals surface area contributed by atoms with E-state index in [9.17, 15) is 14.4 Å². The molecule has 11 heteroatoms. The van der Waals surface area contributed by atoms with Gasteiger partial charge in [-0.15, -0.1) is 0 Å². The quantitative estimate of drug-likeness (QED) is 0.308. The maximum Gasteiger partial charge on any atom is 0.318 e. The lowest BCUT2D eigenvalue weighted by Crippen LogP contribution is -2.55. The molecule has 3 aromatic rings. The smallest absolute Gasteiger partial charge is 0.318 e. The summed E-state index contributed by atoms with van der Waals surface area (Å²) in [5.74, 6) is 0.541. The van der Waals surface area contributed by atoms with Crippen molar-refractivity contribution in [1.29, 1.82) is 5.26 Å². The number of benzene rings is 2. The minimum atomic E-state index is -0.703. The Kier molecular flexibility index (Phi) is 8.47. The van der Waals surface area contributed by atoms with Crippen LogP contribution >= 0.6 is 11.6 Å². The van der Waals surface area contributed by atoms with Crippen molar-refractivity contribution < 1.29 is 13.9 Å². The highest BCUT2D eigenvalue weighted by molar-refractivity contribution is 6.36. The second-order valence-corrected chi connectivity index (χ2v) is 12.7. The highest BCUT2D eigenvalue weighted by Crippen LogP contribution is 2.38. The lowest BCUT2D eigenvalue weighted by Gasteiger charge is -2.42. The maximum absolute atomic E-state index is 12.8. The third-order valence-electron chi connectivity index (χ3n) is 9.55. The van der Waals surface area contributed by atoms with Gasteiger partial charge in [-0.3, -0.25) is 9.69 Å². The number of nitriles is 1. The van der Waals surface area contributed by atoms with Crippen molar-refractivity contribution in [3.05, 3.63) is 64.8 Å². The lowest BCUT2D eigenvalue weighted by molar-refractivity contribution is -0.128. The van der Waals surface area contributed by atoms with Crippen molar-refractivity contribution in [2.75, 3.05) is 55.8 Å². The summed E-state index contributed by atoms with van der Waals surface area (Å²) in [6, 6.07) is 15.6. The van der Waals surface area contributed by atoms with Gasteiger partial charge in [0.2, 0.25) is 5.91 Å². The number of halogens is 2. The van der Waals surface area contributed by atoms with Crippen LogP contribution in [-0.2, 0) is 17.8 Å². The fraction of sp³-hybridized carbons (Fsp3) is 0.471. The zero-order chi connectivity index (χ0) is 30.9. The van der Waals surface area contributed by atoms with Gasteiger partial charge in [0.1, 0.15) is 19.1 Å². The van der Waals surface area contributed by atoms with Crippen molar-refractivity contribution in [1.82, 2.24) is 19.8 Å². The molecule has 0 bridgehead atoms. The molecule has 3 aliphatic heterocycles. The number of carbonyl (C=O) groups is 1. The first kappa shape index (κ1) is 29.8. The van der Waals surface area contributed by atoms with Crippen molar-refractivity contribution in [2.24, 2.45) is 0 Å². The van der Waals surface area contributed by atoms with Crippen LogP contribution in [-0.4, -0.2) is 89.8 Å². The number of alkyl halides is 1. The molecule has 3 fully saturated rings. The molecule has 1 amide bonds. The van der Waals surface area contributed by atoms with E-state index in [2.05, 4.69) is 45.0 Å². The number of nitrogens with zero attached hydrogens (tertiary/aromatic N) is 7. The monoisotopic (exact) mass is 629 g/mol. The molecule has 234 valence electrons. The van der Waals surface area contributed by atoms with Crippen molar-refractivity contribution in [3.8, 4) is 12.1 Å². The fourth-order valence-corrected chi connectivity index (χ4v) is 7.30. The number of aromatic nitrogens is 2. The van der Waals surface area contributed by atoms with Crippen LogP contribution < -0.4 is 14.5 Å². The van der Waals surface area contributed by atoms with Crippen LogP contribution in [0.5, 0.6) is 6.01 Å². The first-order valence-electron chi connectivity index (χ1n) is 15.9. The van der Waals surface area contributed by atoms with Crippen molar-refractivity contribution in [3.63, 3.8) is 0 Å². The zero-order valence-corrected chi connectivity index (χ0v) is 26.0. The molecule has 2 saturated heterocycles. The molecule has 1 aromatic heterocycles. The first-order valence-corrected chi connectivity index (χ1v) is 16.3. The summed E-state index contributed by atoms with van der Waals surface area (Å²) >= 11 is 6.71. The maximum atomic E-state index is 12.8. The molecule has 2 aromatic carbocycles. The second kappa shape index (κ2) is 12.8. The Bertz CT molecular complexity index is 1650. The highest BCUT2D eigenvalue weighted by Gasteiger charge is 2.40. The molecule has 4 heterocycles. The molecule has 45 heavy (non-hydrogen) atoms. The minimum absolute atomic E-state index is 0.177. The summed E-state index contributed by atoms with van der Waals surface area (Å²) in [6.07, 6.45) is 7.04. The van der Waals surface area contributed by atoms with Gasteiger partial charge >= 0.3 is 6.01 Å². The molecule has 0 N–H and O–H groups in total. The summed E-state index contributed by atoms with van der Waals surface area (Å²) in [6.45, 7) is 3.73. The number of allylic oxidation sites excluding steroid dienone is 1. The predicted octanol–water partition coefficient (Wildman–Crippen LogP) is 4.92. The van der Waals surface area contributed by atoms with Gasteiger partial charge in [-0.1, -0.05) is 35.9 Å². The minimum Gasteiger partial charge on any atom is -0.462 e. The number of carbonyl (C=O) groups excluding carboxylic acids is 1. The van der Waals surface area contributed by atoms with Gasteiger partial charge in [0.15, 0.2) is 0 Å². The molecule has 1 saturated carbocycles. The van der Waals surface area contributed by atoms with E-state index in [1.807, 2.05) is 12.1 Å². The third-order valence-corrected chi connectivity index (χ3v) is 9.86. The third kappa shape index (κ3) is 6.03. The fourth-order valence-electron chi connectivity index (χ4n) is 7.02.